The molecule has 6 aromatic rings. The minimum absolute atomic E-state index is 0.772. The molecule has 0 aliphatic rings. The number of benzene rings is 6. The molecule has 3 heteroatoms. The Morgan fingerprint density at radius 3 is 1.32 bits per heavy atom. The third-order valence-corrected chi connectivity index (χ3v) is 5.84. The van der Waals surface area contributed by atoms with E-state index in [1.165, 1.54) is 40.0 Å². The van der Waals surface area contributed by atoms with Crippen molar-refractivity contribution in [3.05, 3.63) is 109 Å². The highest BCUT2D eigenvalue weighted by molar-refractivity contribution is 6.23. The molecule has 31 heavy (non-hydrogen) atoms. The fourth-order valence-electron chi connectivity index (χ4n) is 4.36. The molecule has 2 nitrogen and oxygen atoms in total. The van der Waals surface area contributed by atoms with Crippen molar-refractivity contribution >= 4 is 50.8 Å². The summed E-state index contributed by atoms with van der Waals surface area (Å²) in [6.07, 6.45) is 0. The van der Waals surface area contributed by atoms with Crippen molar-refractivity contribution in [2.75, 3.05) is 0 Å². The van der Waals surface area contributed by atoms with Crippen LogP contribution in [0.5, 0.6) is 11.5 Å². The summed E-state index contributed by atoms with van der Waals surface area (Å²) in [5.74, 6) is 1.54. The van der Waals surface area contributed by atoms with Crippen molar-refractivity contribution in [2.24, 2.45) is 0 Å². The van der Waals surface area contributed by atoms with Crippen LogP contribution in [-0.2, 0) is 0 Å². The van der Waals surface area contributed by atoms with Crippen LogP contribution in [0.1, 0.15) is 0 Å². The van der Waals surface area contributed by atoms with E-state index in [-0.39, 0.29) is 0 Å². The zero-order valence-electron chi connectivity index (χ0n) is 16.8. The number of fused-ring (bicyclic) bond motifs is 6. The molecule has 0 saturated heterocycles. The Morgan fingerprint density at radius 2 is 0.806 bits per heavy atom. The van der Waals surface area contributed by atoms with Gasteiger partial charge in [0.25, 0.3) is 0 Å². The third kappa shape index (κ3) is 3.06. The number of hydrogen-bond donors (Lipinski definition) is 0. The van der Waals surface area contributed by atoms with Crippen LogP contribution in [0.15, 0.2) is 109 Å². The molecule has 0 aliphatic carbocycles. The van der Waals surface area contributed by atoms with Crippen molar-refractivity contribution in [1.29, 1.82) is 0 Å². The maximum Gasteiger partial charge on any atom is 0.658 e. The van der Waals surface area contributed by atoms with Gasteiger partial charge in [-0.05, 0) is 44.5 Å². The zero-order valence-corrected chi connectivity index (χ0v) is 16.8. The van der Waals surface area contributed by atoms with E-state index in [1.54, 1.807) is 0 Å². The molecule has 0 aliphatic heterocycles. The molecule has 0 N–H and O–H groups in total. The minimum atomic E-state index is 0.772. The second-order valence-corrected chi connectivity index (χ2v) is 7.61. The van der Waals surface area contributed by atoms with Gasteiger partial charge in [-0.25, -0.2) is 0 Å². The Balaban J connectivity index is 1.32. The third-order valence-electron chi connectivity index (χ3n) is 5.84. The lowest BCUT2D eigenvalue weighted by Crippen LogP contribution is -2.11. The van der Waals surface area contributed by atoms with Gasteiger partial charge in [0, 0.05) is 10.8 Å². The Morgan fingerprint density at radius 1 is 0.355 bits per heavy atom. The molecule has 145 valence electrons. The average molecular weight is 397 g/mol. The molecule has 0 amide bonds. The van der Waals surface area contributed by atoms with Crippen molar-refractivity contribution in [3.63, 3.8) is 0 Å². The van der Waals surface area contributed by atoms with E-state index >= 15 is 0 Å². The van der Waals surface area contributed by atoms with Crippen molar-refractivity contribution < 1.29 is 9.31 Å². The fourth-order valence-corrected chi connectivity index (χ4v) is 4.36. The highest BCUT2D eigenvalue weighted by atomic mass is 16.6. The van der Waals surface area contributed by atoms with Crippen molar-refractivity contribution in [3.8, 4) is 11.5 Å². The molecule has 0 atom stereocenters. The molecule has 0 unspecified atom stereocenters. The van der Waals surface area contributed by atoms with Crippen LogP contribution in [0.25, 0.3) is 43.1 Å². The van der Waals surface area contributed by atoms with E-state index in [4.69, 9.17) is 9.31 Å². The first-order chi connectivity index (χ1) is 15.4. The zero-order chi connectivity index (χ0) is 20.6. The molecule has 0 spiro atoms. The summed E-state index contributed by atoms with van der Waals surface area (Å²) in [6, 6.07) is 37.5. The maximum absolute atomic E-state index is 5.96. The van der Waals surface area contributed by atoms with E-state index in [0.717, 1.165) is 22.3 Å². The second-order valence-electron chi connectivity index (χ2n) is 7.61. The fraction of sp³-hybridized carbons (Fsp3) is 0. The van der Waals surface area contributed by atoms with Crippen LogP contribution >= 0.6 is 0 Å². The Hall–Kier alpha value is -3.98. The van der Waals surface area contributed by atoms with E-state index in [9.17, 15) is 0 Å². The molecular weight excluding hydrogens is 379 g/mol. The van der Waals surface area contributed by atoms with E-state index < -0.39 is 0 Å². The first-order valence-electron chi connectivity index (χ1n) is 10.3. The van der Waals surface area contributed by atoms with Gasteiger partial charge in [0.15, 0.2) is 0 Å². The van der Waals surface area contributed by atoms with Gasteiger partial charge in [0.2, 0.25) is 0 Å². The van der Waals surface area contributed by atoms with Crippen LogP contribution in [-0.4, -0.2) is 7.69 Å². The summed E-state index contributed by atoms with van der Waals surface area (Å²) >= 11 is 0. The van der Waals surface area contributed by atoms with Crippen LogP contribution < -0.4 is 9.31 Å². The molecule has 0 bridgehead atoms. The quantitative estimate of drug-likeness (QED) is 0.230. The van der Waals surface area contributed by atoms with E-state index in [2.05, 4.69) is 84.9 Å². The van der Waals surface area contributed by atoms with Gasteiger partial charge < -0.3 is 9.31 Å². The Bertz CT molecular complexity index is 1450. The summed E-state index contributed by atoms with van der Waals surface area (Å²) in [5, 5.41) is 9.32. The lowest BCUT2D eigenvalue weighted by molar-refractivity contribution is 0.465. The van der Waals surface area contributed by atoms with Crippen LogP contribution in [0.2, 0.25) is 0 Å². The SMILES string of the molecule is [B](Oc1cccc2c1ccc1ccccc12)Oc1cccc2c1ccc1ccccc12. The standard InChI is InChI=1S/C28H18BO2/c1-3-9-21-19(7-1)15-17-25-23(21)11-5-13-27(25)30-29-31-28-14-6-12-24-22-10-4-2-8-20(22)16-18-26(24)28/h1-18H. The summed E-state index contributed by atoms with van der Waals surface area (Å²) < 4.78 is 11.9. The monoisotopic (exact) mass is 397 g/mol. The molecule has 0 fully saturated rings. The van der Waals surface area contributed by atoms with Gasteiger partial charge in [-0.2, -0.15) is 0 Å². The average Bonchev–Trinajstić information content (AvgIpc) is 2.84. The molecule has 0 saturated carbocycles. The normalized spacial score (nSPS) is 11.2. The lowest BCUT2D eigenvalue weighted by atomic mass is 10.0. The van der Waals surface area contributed by atoms with Crippen LogP contribution in [0.3, 0.4) is 0 Å². The molecule has 0 heterocycles. The molecule has 1 radical (unpaired) electrons. The van der Waals surface area contributed by atoms with Gasteiger partial charge in [0.05, 0.1) is 0 Å². The summed E-state index contributed by atoms with van der Waals surface area (Å²) in [5.41, 5.74) is 0. The van der Waals surface area contributed by atoms with E-state index in [1.807, 2.05) is 24.3 Å². The Labute approximate surface area is 180 Å². The number of hydrogen-bond acceptors (Lipinski definition) is 2. The minimum Gasteiger partial charge on any atom is -0.526 e. The molecule has 6 aromatic carbocycles. The molecule has 6 rings (SSSR count). The second kappa shape index (κ2) is 7.37. The van der Waals surface area contributed by atoms with Gasteiger partial charge in [-0.1, -0.05) is 97.1 Å². The summed E-state index contributed by atoms with van der Waals surface area (Å²) in [4.78, 5) is 0. The Kier molecular flexibility index (Phi) is 4.24. The van der Waals surface area contributed by atoms with E-state index in [0.29, 0.717) is 0 Å². The van der Waals surface area contributed by atoms with Gasteiger partial charge in [-0.3, -0.25) is 0 Å². The predicted octanol–water partition coefficient (Wildman–Crippen LogP) is 7.29. The summed E-state index contributed by atoms with van der Waals surface area (Å²) in [7, 11) is 1.42. The smallest absolute Gasteiger partial charge is 0.526 e. The highest BCUT2D eigenvalue weighted by Crippen LogP contribution is 2.33. The predicted molar refractivity (Wildman–Crippen MR) is 130 cm³/mol. The van der Waals surface area contributed by atoms with Gasteiger partial charge in [0.1, 0.15) is 11.5 Å². The molecular formula is C28H18BO2. The lowest BCUT2D eigenvalue weighted by Gasteiger charge is -2.12. The molecule has 0 aromatic heterocycles. The maximum atomic E-state index is 5.96. The van der Waals surface area contributed by atoms with Gasteiger partial charge >= 0.3 is 7.69 Å². The van der Waals surface area contributed by atoms with Crippen LogP contribution in [0.4, 0.5) is 0 Å². The summed E-state index contributed by atoms with van der Waals surface area (Å²) in [6.45, 7) is 0. The first-order valence-corrected chi connectivity index (χ1v) is 10.3. The first kappa shape index (κ1) is 17.8. The topological polar surface area (TPSA) is 18.5 Å². The number of rotatable bonds is 4. The van der Waals surface area contributed by atoms with Crippen molar-refractivity contribution in [1.82, 2.24) is 0 Å². The van der Waals surface area contributed by atoms with Gasteiger partial charge in [-0.15, -0.1) is 0 Å². The highest BCUT2D eigenvalue weighted by Gasteiger charge is 2.10. The van der Waals surface area contributed by atoms with Crippen LogP contribution in [0, 0.1) is 0 Å². The largest absolute Gasteiger partial charge is 0.658 e. The van der Waals surface area contributed by atoms with Crippen molar-refractivity contribution in [2.45, 2.75) is 0 Å².